The number of halogens is 1. The molecule has 1 rings (SSSR count). The van der Waals surface area contributed by atoms with Crippen LogP contribution < -0.4 is 5.32 Å². The number of carbonyl (C=O) groups excluding carboxylic acids is 1. The van der Waals surface area contributed by atoms with E-state index < -0.39 is 0 Å². The highest BCUT2D eigenvalue weighted by Gasteiger charge is 2.05. The van der Waals surface area contributed by atoms with Crippen LogP contribution in [0.1, 0.15) is 12.8 Å². The molecule has 0 spiro atoms. The minimum absolute atomic E-state index is 0.204. The summed E-state index contributed by atoms with van der Waals surface area (Å²) in [4.78, 5) is 10.1. The lowest BCUT2D eigenvalue weighted by Gasteiger charge is -1.80. The van der Waals surface area contributed by atoms with Gasteiger partial charge in [-0.1, -0.05) is 15.9 Å². The third kappa shape index (κ3) is 3.02. The molecule has 1 heterocycles. The smallest absolute Gasteiger partial charge is 0.220 e. The Kier molecular flexibility index (Phi) is 5.06. The predicted molar refractivity (Wildman–Crippen MR) is 37.1 cm³/mol. The number of hydrogen-bond donors (Lipinski definition) is 1. The molecule has 1 saturated heterocycles. The fourth-order valence-electron chi connectivity index (χ4n) is 0.565. The Balaban J connectivity index is 0.000000222. The van der Waals surface area contributed by atoms with Crippen LogP contribution in [0, 0.1) is 0 Å². The van der Waals surface area contributed by atoms with E-state index in [0.29, 0.717) is 0 Å². The summed E-state index contributed by atoms with van der Waals surface area (Å²) in [6.07, 6.45) is 1.76. The maximum Gasteiger partial charge on any atom is 0.220 e. The summed E-state index contributed by atoms with van der Waals surface area (Å²) in [5, 5.41) is 2.68. The Bertz CT molecular complexity index is 66.8. The van der Waals surface area contributed by atoms with Gasteiger partial charge in [0.2, 0.25) is 5.91 Å². The first-order chi connectivity index (χ1) is 3.89. The van der Waals surface area contributed by atoms with Crippen molar-refractivity contribution < 1.29 is 4.79 Å². The van der Waals surface area contributed by atoms with Crippen molar-refractivity contribution in [2.24, 2.45) is 0 Å². The lowest BCUT2D eigenvalue weighted by molar-refractivity contribution is -0.119. The van der Waals surface area contributed by atoms with Crippen LogP contribution in [0.4, 0.5) is 0 Å². The zero-order valence-corrected chi connectivity index (χ0v) is 6.49. The third-order valence-electron chi connectivity index (χ3n) is 0.903. The van der Waals surface area contributed by atoms with E-state index >= 15 is 0 Å². The van der Waals surface area contributed by atoms with Gasteiger partial charge in [-0.05, 0) is 12.3 Å². The van der Waals surface area contributed by atoms with E-state index in [1.165, 1.54) is 0 Å². The highest BCUT2D eigenvalue weighted by atomic mass is 79.9. The second kappa shape index (κ2) is 5.09. The Morgan fingerprint density at radius 3 is 2.38 bits per heavy atom. The van der Waals surface area contributed by atoms with Gasteiger partial charge < -0.3 is 5.32 Å². The van der Waals surface area contributed by atoms with Crippen molar-refractivity contribution in [1.82, 2.24) is 5.32 Å². The molecule has 1 fully saturated rings. The molecule has 48 valence electrons. The maximum atomic E-state index is 10.1. The van der Waals surface area contributed by atoms with Crippen LogP contribution in [-0.2, 0) is 4.79 Å². The Hall–Kier alpha value is -0.0500. The summed E-state index contributed by atoms with van der Waals surface area (Å²) >= 11 is 2.94. The second-order valence-corrected chi connectivity index (χ2v) is 1.45. The summed E-state index contributed by atoms with van der Waals surface area (Å²) in [5.41, 5.74) is 0. The van der Waals surface area contributed by atoms with Crippen LogP contribution in [-0.4, -0.2) is 18.3 Å². The van der Waals surface area contributed by atoms with Crippen molar-refractivity contribution in [3.8, 4) is 0 Å². The van der Waals surface area contributed by atoms with Crippen LogP contribution in [0.2, 0.25) is 0 Å². The van der Waals surface area contributed by atoms with E-state index in [1.807, 2.05) is 5.83 Å². The summed E-state index contributed by atoms with van der Waals surface area (Å²) < 4.78 is 0. The maximum absolute atomic E-state index is 10.1. The lowest BCUT2D eigenvalue weighted by atomic mass is 10.4. The highest BCUT2D eigenvalue weighted by Crippen LogP contribution is 1.93. The average Bonchev–Trinajstić information content (AvgIpc) is 2.24. The zero-order valence-electron chi connectivity index (χ0n) is 4.91. The molecule has 1 aliphatic rings. The fourth-order valence-corrected chi connectivity index (χ4v) is 0.565. The Morgan fingerprint density at radius 1 is 1.62 bits per heavy atom. The van der Waals surface area contributed by atoms with Crippen LogP contribution in [0.3, 0.4) is 0 Å². The number of rotatable bonds is 0. The van der Waals surface area contributed by atoms with Crippen molar-refractivity contribution in [3.63, 3.8) is 0 Å². The van der Waals surface area contributed by atoms with Gasteiger partial charge in [-0.15, -0.1) is 0 Å². The molecule has 0 aliphatic carbocycles. The molecule has 0 radical (unpaired) electrons. The van der Waals surface area contributed by atoms with Crippen LogP contribution in [0.15, 0.2) is 0 Å². The second-order valence-electron chi connectivity index (χ2n) is 1.45. The minimum atomic E-state index is 0.204. The fraction of sp³-hybridized carbons (Fsp3) is 0.800. The molecule has 0 aromatic heterocycles. The summed E-state index contributed by atoms with van der Waals surface area (Å²) in [7, 11) is 0. The lowest BCUT2D eigenvalue weighted by Crippen LogP contribution is -2.12. The topological polar surface area (TPSA) is 29.1 Å². The summed E-state index contributed by atoms with van der Waals surface area (Å²) in [5.74, 6) is 2.02. The molecule has 0 bridgehead atoms. The van der Waals surface area contributed by atoms with Gasteiger partial charge in [-0.2, -0.15) is 0 Å². The van der Waals surface area contributed by atoms with E-state index in [2.05, 4.69) is 21.2 Å². The number of amides is 1. The highest BCUT2D eigenvalue weighted by molar-refractivity contribution is 9.08. The van der Waals surface area contributed by atoms with Gasteiger partial charge in [0, 0.05) is 13.0 Å². The molecule has 8 heavy (non-hydrogen) atoms. The standard InChI is InChI=1S/C4H7NO.CH3Br/c6-4-2-1-3-5-4;1-2/h1-3H2,(H,5,6);1H3. The quantitative estimate of drug-likeness (QED) is 0.551. The molecule has 0 unspecified atom stereocenters. The van der Waals surface area contributed by atoms with Gasteiger partial charge in [0.25, 0.3) is 0 Å². The van der Waals surface area contributed by atoms with E-state index in [9.17, 15) is 4.79 Å². The number of hydrogen-bond acceptors (Lipinski definition) is 1. The van der Waals surface area contributed by atoms with Crippen molar-refractivity contribution in [2.45, 2.75) is 12.8 Å². The summed E-state index contributed by atoms with van der Waals surface area (Å²) in [6, 6.07) is 0. The Morgan fingerprint density at radius 2 is 2.25 bits per heavy atom. The molecular weight excluding hydrogens is 170 g/mol. The van der Waals surface area contributed by atoms with Crippen molar-refractivity contribution in [3.05, 3.63) is 0 Å². The molecule has 1 aliphatic heterocycles. The van der Waals surface area contributed by atoms with Crippen molar-refractivity contribution in [1.29, 1.82) is 0 Å². The van der Waals surface area contributed by atoms with Gasteiger partial charge in [-0.3, -0.25) is 4.79 Å². The first-order valence-electron chi connectivity index (χ1n) is 2.54. The Labute approximate surface area is 57.8 Å². The molecule has 0 aromatic carbocycles. The van der Waals surface area contributed by atoms with Gasteiger partial charge >= 0.3 is 0 Å². The van der Waals surface area contributed by atoms with E-state index in [4.69, 9.17) is 0 Å². The SMILES string of the molecule is CBr.O=C1CCCN1. The number of alkyl halides is 1. The first kappa shape index (κ1) is 7.95. The zero-order chi connectivity index (χ0) is 6.41. The molecule has 1 amide bonds. The minimum Gasteiger partial charge on any atom is -0.356 e. The molecule has 0 aromatic rings. The molecular formula is C5H10BrNO. The third-order valence-corrected chi connectivity index (χ3v) is 0.903. The van der Waals surface area contributed by atoms with Crippen molar-refractivity contribution in [2.75, 3.05) is 12.4 Å². The molecule has 1 N–H and O–H groups in total. The molecule has 2 nitrogen and oxygen atoms in total. The normalized spacial score (nSPS) is 16.5. The van der Waals surface area contributed by atoms with Gasteiger partial charge in [0.1, 0.15) is 0 Å². The molecule has 0 atom stereocenters. The van der Waals surface area contributed by atoms with E-state index in [1.54, 1.807) is 0 Å². The molecule has 0 saturated carbocycles. The largest absolute Gasteiger partial charge is 0.356 e. The van der Waals surface area contributed by atoms with Crippen LogP contribution >= 0.6 is 15.9 Å². The summed E-state index contributed by atoms with van der Waals surface area (Å²) in [6.45, 7) is 0.888. The van der Waals surface area contributed by atoms with Gasteiger partial charge in [0.15, 0.2) is 0 Å². The van der Waals surface area contributed by atoms with Crippen LogP contribution in [0.25, 0.3) is 0 Å². The van der Waals surface area contributed by atoms with Gasteiger partial charge in [-0.25, -0.2) is 0 Å². The average molecular weight is 180 g/mol. The predicted octanol–water partition coefficient (Wildman–Crippen LogP) is 0.907. The van der Waals surface area contributed by atoms with Crippen LogP contribution in [0.5, 0.6) is 0 Å². The number of carbonyl (C=O) groups is 1. The van der Waals surface area contributed by atoms with E-state index in [-0.39, 0.29) is 5.91 Å². The number of nitrogens with one attached hydrogen (secondary N) is 1. The van der Waals surface area contributed by atoms with Gasteiger partial charge in [0.05, 0.1) is 0 Å². The van der Waals surface area contributed by atoms with Crippen molar-refractivity contribution >= 4 is 21.8 Å². The first-order valence-corrected chi connectivity index (χ1v) is 4.13. The van der Waals surface area contributed by atoms with E-state index in [0.717, 1.165) is 19.4 Å². The monoisotopic (exact) mass is 179 g/mol. The molecule has 3 heteroatoms.